The minimum absolute atomic E-state index is 0.129. The van der Waals surface area contributed by atoms with E-state index >= 15 is 0 Å². The summed E-state index contributed by atoms with van der Waals surface area (Å²) < 4.78 is 5.47. The lowest BCUT2D eigenvalue weighted by molar-refractivity contribution is 0.102. The van der Waals surface area contributed by atoms with Gasteiger partial charge in [-0.05, 0) is 42.8 Å². The Morgan fingerprint density at radius 1 is 1.04 bits per heavy atom. The fourth-order valence-electron chi connectivity index (χ4n) is 3.06. The van der Waals surface area contributed by atoms with Gasteiger partial charge in [-0.25, -0.2) is 4.72 Å². The number of benzene rings is 3. The monoisotopic (exact) mass is 364 g/mol. The van der Waals surface area contributed by atoms with Gasteiger partial charge in [0.15, 0.2) is 0 Å². The fourth-order valence-corrected chi connectivity index (χ4v) is 3.90. The first-order valence-corrected chi connectivity index (χ1v) is 9.36. The number of nitrogen functional groups attached to an aromatic ring is 1. The summed E-state index contributed by atoms with van der Waals surface area (Å²) in [6, 6.07) is 19.2. The molecule has 1 heterocycles. The lowest BCUT2D eigenvalue weighted by Gasteiger charge is -2.27. The minimum Gasteiger partial charge on any atom is -0.398 e. The van der Waals surface area contributed by atoms with Crippen molar-refractivity contribution in [2.75, 3.05) is 28.4 Å². The summed E-state index contributed by atoms with van der Waals surface area (Å²) in [4.78, 5) is 12.7. The highest BCUT2D eigenvalue weighted by Crippen LogP contribution is 2.28. The van der Waals surface area contributed by atoms with Crippen LogP contribution in [0.2, 0.25) is 0 Å². The summed E-state index contributed by atoms with van der Waals surface area (Å²) in [5.41, 5.74) is 9.22. The van der Waals surface area contributed by atoms with E-state index in [0.29, 0.717) is 11.3 Å². The molecule has 0 aliphatic carbocycles. The second kappa shape index (κ2) is 7.27. The van der Waals surface area contributed by atoms with Gasteiger partial charge >= 0.3 is 0 Å². The highest BCUT2D eigenvalue weighted by atomic mass is 32.2. The van der Waals surface area contributed by atoms with Crippen molar-refractivity contribution in [2.24, 2.45) is 0 Å². The Labute approximate surface area is 156 Å². The SMILES string of the molecule is Nc1cccc2c(NC(=O)c3ccc(N4CCCNS4)cc3)cccc12. The summed E-state index contributed by atoms with van der Waals surface area (Å²) in [7, 11) is 0. The number of amides is 1. The zero-order chi connectivity index (χ0) is 17.9. The van der Waals surface area contributed by atoms with E-state index in [2.05, 4.69) is 14.3 Å². The van der Waals surface area contributed by atoms with Crippen molar-refractivity contribution in [3.05, 3.63) is 66.2 Å². The van der Waals surface area contributed by atoms with E-state index in [-0.39, 0.29) is 5.91 Å². The predicted molar refractivity (Wildman–Crippen MR) is 110 cm³/mol. The van der Waals surface area contributed by atoms with Crippen molar-refractivity contribution in [3.8, 4) is 0 Å². The molecule has 0 spiro atoms. The van der Waals surface area contributed by atoms with Gasteiger partial charge in [-0.2, -0.15) is 0 Å². The molecule has 3 aromatic rings. The van der Waals surface area contributed by atoms with Crippen molar-refractivity contribution < 1.29 is 4.79 Å². The molecule has 0 saturated carbocycles. The van der Waals surface area contributed by atoms with Gasteiger partial charge in [0.1, 0.15) is 0 Å². The van der Waals surface area contributed by atoms with E-state index < -0.39 is 0 Å². The maximum Gasteiger partial charge on any atom is 0.255 e. The second-order valence-electron chi connectivity index (χ2n) is 6.19. The quantitative estimate of drug-likeness (QED) is 0.483. The molecule has 4 rings (SSSR count). The van der Waals surface area contributed by atoms with E-state index in [1.165, 1.54) is 0 Å². The molecule has 1 fully saturated rings. The summed E-state index contributed by atoms with van der Waals surface area (Å²) in [6.07, 6.45) is 1.11. The standard InChI is InChI=1S/C20H20N4OS/c21-18-6-1-5-17-16(18)4-2-7-19(17)23-20(25)14-8-10-15(11-9-14)24-13-3-12-22-26-24/h1-2,4-11,22H,3,12-13,21H2,(H,23,25). The predicted octanol–water partition coefficient (Wildman–Crippen LogP) is 4.04. The normalized spacial score (nSPS) is 14.4. The molecule has 0 atom stereocenters. The molecule has 132 valence electrons. The number of carbonyl (C=O) groups excluding carboxylic acids is 1. The number of fused-ring (bicyclic) bond motifs is 1. The number of nitrogens with two attached hydrogens (primary N) is 1. The van der Waals surface area contributed by atoms with Gasteiger partial charge in [0.05, 0.1) is 0 Å². The van der Waals surface area contributed by atoms with Crippen LogP contribution in [0.25, 0.3) is 10.8 Å². The molecule has 0 aromatic heterocycles. The Hall–Kier alpha value is -2.70. The van der Waals surface area contributed by atoms with Crippen LogP contribution in [-0.2, 0) is 0 Å². The first-order valence-electron chi connectivity index (χ1n) is 8.58. The molecular formula is C20H20N4OS. The molecule has 4 N–H and O–H groups in total. The topological polar surface area (TPSA) is 70.4 Å². The van der Waals surface area contributed by atoms with Crippen LogP contribution in [0.3, 0.4) is 0 Å². The van der Waals surface area contributed by atoms with Gasteiger partial charge in [-0.1, -0.05) is 24.3 Å². The maximum atomic E-state index is 12.7. The molecule has 1 aliphatic heterocycles. The Morgan fingerprint density at radius 2 is 1.81 bits per heavy atom. The molecular weight excluding hydrogens is 344 g/mol. The Kier molecular flexibility index (Phi) is 4.69. The Bertz CT molecular complexity index is 936. The molecule has 1 saturated heterocycles. The summed E-state index contributed by atoms with van der Waals surface area (Å²) in [6.45, 7) is 2.03. The van der Waals surface area contributed by atoms with Gasteiger partial charge in [-0.3, -0.25) is 4.79 Å². The molecule has 5 nitrogen and oxygen atoms in total. The van der Waals surface area contributed by atoms with Crippen LogP contribution in [0.5, 0.6) is 0 Å². The Balaban J connectivity index is 1.54. The molecule has 6 heteroatoms. The number of carbonyl (C=O) groups is 1. The lowest BCUT2D eigenvalue weighted by atomic mass is 10.1. The number of hydrogen-bond acceptors (Lipinski definition) is 5. The van der Waals surface area contributed by atoms with Crippen molar-refractivity contribution >= 4 is 45.9 Å². The highest BCUT2D eigenvalue weighted by molar-refractivity contribution is 7.98. The smallest absolute Gasteiger partial charge is 0.255 e. The third-order valence-electron chi connectivity index (χ3n) is 4.44. The average Bonchev–Trinajstić information content (AvgIpc) is 2.69. The van der Waals surface area contributed by atoms with Crippen LogP contribution in [0.15, 0.2) is 60.7 Å². The van der Waals surface area contributed by atoms with Gasteiger partial charge < -0.3 is 15.4 Å². The number of anilines is 3. The van der Waals surface area contributed by atoms with Gasteiger partial charge in [0.2, 0.25) is 0 Å². The van der Waals surface area contributed by atoms with E-state index in [1.807, 2.05) is 60.7 Å². The number of nitrogens with zero attached hydrogens (tertiary/aromatic N) is 1. The minimum atomic E-state index is -0.129. The number of rotatable bonds is 3. The second-order valence-corrected chi connectivity index (χ2v) is 7.10. The largest absolute Gasteiger partial charge is 0.398 e. The van der Waals surface area contributed by atoms with E-state index in [0.717, 1.165) is 41.7 Å². The molecule has 1 amide bonds. The lowest BCUT2D eigenvalue weighted by Crippen LogP contribution is -2.29. The molecule has 0 unspecified atom stereocenters. The molecule has 26 heavy (non-hydrogen) atoms. The zero-order valence-corrected chi connectivity index (χ0v) is 15.1. The number of hydrogen-bond donors (Lipinski definition) is 3. The highest BCUT2D eigenvalue weighted by Gasteiger charge is 2.13. The van der Waals surface area contributed by atoms with Crippen molar-refractivity contribution in [1.29, 1.82) is 0 Å². The van der Waals surface area contributed by atoms with Crippen LogP contribution in [0, 0.1) is 0 Å². The van der Waals surface area contributed by atoms with Crippen LogP contribution >= 0.6 is 12.1 Å². The third-order valence-corrected chi connectivity index (χ3v) is 5.38. The summed E-state index contributed by atoms with van der Waals surface area (Å²) in [5, 5.41) is 4.88. The maximum absolute atomic E-state index is 12.7. The van der Waals surface area contributed by atoms with Crippen molar-refractivity contribution in [1.82, 2.24) is 4.72 Å². The third kappa shape index (κ3) is 3.34. The summed E-state index contributed by atoms with van der Waals surface area (Å²) >= 11 is 1.61. The van der Waals surface area contributed by atoms with E-state index in [9.17, 15) is 4.79 Å². The van der Waals surface area contributed by atoms with Crippen molar-refractivity contribution in [3.63, 3.8) is 0 Å². The van der Waals surface area contributed by atoms with Gasteiger partial charge in [-0.15, -0.1) is 0 Å². The zero-order valence-electron chi connectivity index (χ0n) is 14.2. The molecule has 1 aliphatic rings. The van der Waals surface area contributed by atoms with Gasteiger partial charge in [0, 0.05) is 58.6 Å². The van der Waals surface area contributed by atoms with Gasteiger partial charge in [0.25, 0.3) is 5.91 Å². The average molecular weight is 364 g/mol. The van der Waals surface area contributed by atoms with Crippen LogP contribution < -0.4 is 20.1 Å². The molecule has 3 aromatic carbocycles. The van der Waals surface area contributed by atoms with Crippen LogP contribution in [-0.4, -0.2) is 19.0 Å². The van der Waals surface area contributed by atoms with Crippen molar-refractivity contribution in [2.45, 2.75) is 6.42 Å². The first-order chi connectivity index (χ1) is 12.7. The summed E-state index contributed by atoms with van der Waals surface area (Å²) in [5.74, 6) is -0.129. The fraction of sp³-hybridized carbons (Fsp3) is 0.150. The van der Waals surface area contributed by atoms with Crippen LogP contribution in [0.1, 0.15) is 16.8 Å². The molecule has 0 radical (unpaired) electrons. The van der Waals surface area contributed by atoms with E-state index in [4.69, 9.17) is 5.73 Å². The Morgan fingerprint density at radius 3 is 2.58 bits per heavy atom. The van der Waals surface area contributed by atoms with Crippen LogP contribution in [0.4, 0.5) is 17.1 Å². The first kappa shape index (κ1) is 16.8. The van der Waals surface area contributed by atoms with E-state index in [1.54, 1.807) is 12.1 Å². The number of nitrogens with one attached hydrogen (secondary N) is 2. The molecule has 0 bridgehead atoms.